The summed E-state index contributed by atoms with van der Waals surface area (Å²) in [6, 6.07) is 0. The first-order chi connectivity index (χ1) is 7.46. The van der Waals surface area contributed by atoms with Crippen LogP contribution in [0.5, 0.6) is 0 Å². The van der Waals surface area contributed by atoms with Crippen molar-refractivity contribution in [3.8, 4) is 0 Å². The summed E-state index contributed by atoms with van der Waals surface area (Å²) < 4.78 is 25.1. The van der Waals surface area contributed by atoms with Gasteiger partial charge in [-0.25, -0.2) is 13.4 Å². The standard InChI is InChI=1S/C11H20N2O2S/c1-4-8-16(14,15)9-7-13-6-5-12-11(13)10(2)3/h5-6,10H,4,7-9H2,1-3H3. The molecule has 4 nitrogen and oxygen atoms in total. The molecule has 0 unspecified atom stereocenters. The molecular weight excluding hydrogens is 224 g/mol. The number of nitrogens with zero attached hydrogens (tertiary/aromatic N) is 2. The summed E-state index contributed by atoms with van der Waals surface area (Å²) in [4.78, 5) is 4.23. The predicted octanol–water partition coefficient (Wildman–Crippen LogP) is 1.83. The molecule has 16 heavy (non-hydrogen) atoms. The molecule has 0 fully saturated rings. The lowest BCUT2D eigenvalue weighted by molar-refractivity contribution is 0.582. The molecule has 0 N–H and O–H groups in total. The zero-order chi connectivity index (χ0) is 12.2. The number of aromatic nitrogens is 2. The number of sulfone groups is 1. The van der Waals surface area contributed by atoms with Crippen LogP contribution >= 0.6 is 0 Å². The SMILES string of the molecule is CCCS(=O)(=O)CCn1ccnc1C(C)C. The van der Waals surface area contributed by atoms with Crippen LogP contribution in [0.15, 0.2) is 12.4 Å². The van der Waals surface area contributed by atoms with Crippen LogP contribution in [-0.4, -0.2) is 29.5 Å². The second-order valence-corrected chi connectivity index (χ2v) is 6.59. The van der Waals surface area contributed by atoms with Crippen LogP contribution in [0.2, 0.25) is 0 Å². The molecule has 0 bridgehead atoms. The Morgan fingerprint density at radius 2 is 2.06 bits per heavy atom. The highest BCUT2D eigenvalue weighted by atomic mass is 32.2. The van der Waals surface area contributed by atoms with Crippen LogP contribution in [-0.2, 0) is 16.4 Å². The van der Waals surface area contributed by atoms with Gasteiger partial charge in [-0.15, -0.1) is 0 Å². The molecule has 1 heterocycles. The Hall–Kier alpha value is -0.840. The molecule has 0 spiro atoms. The van der Waals surface area contributed by atoms with Crippen LogP contribution in [0.25, 0.3) is 0 Å². The van der Waals surface area contributed by atoms with Crippen molar-refractivity contribution >= 4 is 9.84 Å². The second kappa shape index (κ2) is 5.48. The Balaban J connectivity index is 2.65. The Labute approximate surface area is 97.6 Å². The summed E-state index contributed by atoms with van der Waals surface area (Å²) in [5, 5.41) is 0. The van der Waals surface area contributed by atoms with Gasteiger partial charge in [-0.2, -0.15) is 0 Å². The highest BCUT2D eigenvalue weighted by molar-refractivity contribution is 7.91. The van der Waals surface area contributed by atoms with Crippen molar-refractivity contribution in [2.24, 2.45) is 0 Å². The number of hydrogen-bond donors (Lipinski definition) is 0. The second-order valence-electron chi connectivity index (χ2n) is 4.29. The molecule has 0 amide bonds. The van der Waals surface area contributed by atoms with Crippen LogP contribution in [0.3, 0.4) is 0 Å². The van der Waals surface area contributed by atoms with Crippen molar-refractivity contribution in [1.82, 2.24) is 9.55 Å². The van der Waals surface area contributed by atoms with Crippen molar-refractivity contribution in [3.63, 3.8) is 0 Å². The fourth-order valence-electron chi connectivity index (χ4n) is 1.66. The average Bonchev–Trinajstić information content (AvgIpc) is 2.62. The van der Waals surface area contributed by atoms with E-state index < -0.39 is 9.84 Å². The minimum absolute atomic E-state index is 0.205. The molecule has 0 radical (unpaired) electrons. The van der Waals surface area contributed by atoms with Crippen molar-refractivity contribution < 1.29 is 8.42 Å². The molecule has 1 aromatic heterocycles. The Morgan fingerprint density at radius 3 is 2.62 bits per heavy atom. The van der Waals surface area contributed by atoms with Gasteiger partial charge in [0.15, 0.2) is 9.84 Å². The third-order valence-corrected chi connectivity index (χ3v) is 4.26. The van der Waals surface area contributed by atoms with E-state index in [9.17, 15) is 8.42 Å². The fraction of sp³-hybridized carbons (Fsp3) is 0.727. The van der Waals surface area contributed by atoms with E-state index in [2.05, 4.69) is 18.8 Å². The molecule has 0 aliphatic rings. The third-order valence-electron chi connectivity index (χ3n) is 2.42. The van der Waals surface area contributed by atoms with E-state index in [1.807, 2.05) is 17.7 Å². The van der Waals surface area contributed by atoms with Crippen molar-refractivity contribution in [2.75, 3.05) is 11.5 Å². The van der Waals surface area contributed by atoms with E-state index in [1.54, 1.807) is 6.20 Å². The van der Waals surface area contributed by atoms with Crippen molar-refractivity contribution in [3.05, 3.63) is 18.2 Å². The van der Waals surface area contributed by atoms with E-state index in [4.69, 9.17) is 0 Å². The van der Waals surface area contributed by atoms with E-state index in [0.717, 1.165) is 5.82 Å². The van der Waals surface area contributed by atoms with E-state index >= 15 is 0 Å². The normalized spacial score (nSPS) is 12.2. The maximum Gasteiger partial charge on any atom is 0.152 e. The van der Waals surface area contributed by atoms with Crippen LogP contribution in [0.1, 0.15) is 38.9 Å². The molecule has 0 atom stereocenters. The molecule has 0 aliphatic carbocycles. The Bertz CT molecular complexity index is 421. The zero-order valence-corrected chi connectivity index (χ0v) is 11.0. The minimum atomic E-state index is -2.90. The van der Waals surface area contributed by atoms with E-state index in [-0.39, 0.29) is 11.5 Å². The van der Waals surface area contributed by atoms with E-state index in [0.29, 0.717) is 18.9 Å². The van der Waals surface area contributed by atoms with Gasteiger partial charge in [0, 0.05) is 30.6 Å². The van der Waals surface area contributed by atoms with Gasteiger partial charge in [0.25, 0.3) is 0 Å². The molecule has 0 saturated heterocycles. The number of imidazole rings is 1. The summed E-state index contributed by atoms with van der Waals surface area (Å²) in [5.41, 5.74) is 0. The lowest BCUT2D eigenvalue weighted by Gasteiger charge is -2.10. The topological polar surface area (TPSA) is 52.0 Å². The summed E-state index contributed by atoms with van der Waals surface area (Å²) in [5.74, 6) is 1.76. The summed E-state index contributed by atoms with van der Waals surface area (Å²) in [6.07, 6.45) is 4.25. The quantitative estimate of drug-likeness (QED) is 0.767. The predicted molar refractivity (Wildman–Crippen MR) is 65.3 cm³/mol. The monoisotopic (exact) mass is 244 g/mol. The number of rotatable bonds is 6. The molecule has 1 aromatic rings. The molecular formula is C11H20N2O2S. The first-order valence-electron chi connectivity index (χ1n) is 5.67. The first-order valence-corrected chi connectivity index (χ1v) is 7.50. The summed E-state index contributed by atoms with van der Waals surface area (Å²) in [7, 11) is -2.90. The van der Waals surface area contributed by atoms with Gasteiger partial charge < -0.3 is 4.57 Å². The largest absolute Gasteiger partial charge is 0.334 e. The van der Waals surface area contributed by atoms with Gasteiger partial charge >= 0.3 is 0 Å². The first kappa shape index (κ1) is 13.2. The third kappa shape index (κ3) is 3.63. The zero-order valence-electron chi connectivity index (χ0n) is 10.2. The van der Waals surface area contributed by atoms with Gasteiger partial charge in [0.2, 0.25) is 0 Å². The lowest BCUT2D eigenvalue weighted by atomic mass is 10.2. The van der Waals surface area contributed by atoms with Crippen LogP contribution < -0.4 is 0 Å². The summed E-state index contributed by atoms with van der Waals surface area (Å²) in [6.45, 7) is 6.50. The smallest absolute Gasteiger partial charge is 0.152 e. The van der Waals surface area contributed by atoms with Crippen molar-refractivity contribution in [1.29, 1.82) is 0 Å². The molecule has 0 aromatic carbocycles. The molecule has 1 rings (SSSR count). The van der Waals surface area contributed by atoms with Gasteiger partial charge in [-0.05, 0) is 6.42 Å². The maximum atomic E-state index is 11.6. The minimum Gasteiger partial charge on any atom is -0.334 e. The van der Waals surface area contributed by atoms with Gasteiger partial charge in [0.05, 0.1) is 5.75 Å². The summed E-state index contributed by atoms with van der Waals surface area (Å²) >= 11 is 0. The fourth-order valence-corrected chi connectivity index (χ4v) is 2.96. The lowest BCUT2D eigenvalue weighted by Crippen LogP contribution is -2.17. The highest BCUT2D eigenvalue weighted by Crippen LogP contribution is 2.11. The molecule has 0 saturated carbocycles. The number of hydrogen-bond acceptors (Lipinski definition) is 3. The number of aryl methyl sites for hydroxylation is 1. The van der Waals surface area contributed by atoms with Crippen LogP contribution in [0, 0.1) is 0 Å². The van der Waals surface area contributed by atoms with Gasteiger partial charge in [-0.1, -0.05) is 20.8 Å². The Kier molecular flexibility index (Phi) is 4.53. The van der Waals surface area contributed by atoms with E-state index in [1.165, 1.54) is 0 Å². The molecule has 5 heteroatoms. The van der Waals surface area contributed by atoms with Gasteiger partial charge in [0.1, 0.15) is 5.82 Å². The highest BCUT2D eigenvalue weighted by Gasteiger charge is 2.12. The van der Waals surface area contributed by atoms with Gasteiger partial charge in [-0.3, -0.25) is 0 Å². The maximum absolute atomic E-state index is 11.6. The van der Waals surface area contributed by atoms with Crippen LogP contribution in [0.4, 0.5) is 0 Å². The average molecular weight is 244 g/mol. The van der Waals surface area contributed by atoms with Crippen molar-refractivity contribution in [2.45, 2.75) is 39.7 Å². The molecule has 0 aliphatic heterocycles. The molecule has 92 valence electrons. The Morgan fingerprint density at radius 1 is 1.38 bits per heavy atom.